The third kappa shape index (κ3) is 9.85. The van der Waals surface area contributed by atoms with E-state index in [2.05, 4.69) is 5.32 Å². The molecule has 3 N–H and O–H groups in total. The number of ether oxygens (including phenoxy) is 1. The number of rotatable bonds is 12. The molecule has 4 nitrogen and oxygen atoms in total. The van der Waals surface area contributed by atoms with Crippen molar-refractivity contribution in [2.75, 3.05) is 44.4 Å². The molecule has 0 bridgehead atoms. The summed E-state index contributed by atoms with van der Waals surface area (Å²) in [6.07, 6.45) is 3.05. The predicted octanol–water partition coefficient (Wildman–Crippen LogP) is 0.479. The summed E-state index contributed by atoms with van der Waals surface area (Å²) in [5, 5.41) is 21.4. The van der Waals surface area contributed by atoms with E-state index >= 15 is 0 Å². The second kappa shape index (κ2) is 10.1. The first-order valence-corrected chi connectivity index (χ1v) is 7.63. The van der Waals surface area contributed by atoms with Crippen LogP contribution in [0.15, 0.2) is 0 Å². The van der Waals surface area contributed by atoms with Gasteiger partial charge in [0.2, 0.25) is 0 Å². The van der Waals surface area contributed by atoms with E-state index < -0.39 is 6.10 Å². The molecule has 1 atom stereocenters. The lowest BCUT2D eigenvalue weighted by molar-refractivity contribution is 0.0328. The van der Waals surface area contributed by atoms with Crippen LogP contribution in [0.5, 0.6) is 0 Å². The van der Waals surface area contributed by atoms with Gasteiger partial charge in [0, 0.05) is 32.1 Å². The normalized spacial score (nSPS) is 17.3. The molecule has 0 spiro atoms. The van der Waals surface area contributed by atoms with Crippen LogP contribution in [0.3, 0.4) is 0 Å². The topological polar surface area (TPSA) is 61.7 Å². The quantitative estimate of drug-likeness (QED) is 0.447. The average molecular weight is 263 g/mol. The van der Waals surface area contributed by atoms with Gasteiger partial charge in [-0.25, -0.2) is 0 Å². The molecule has 0 heterocycles. The van der Waals surface area contributed by atoms with Gasteiger partial charge >= 0.3 is 0 Å². The van der Waals surface area contributed by atoms with Gasteiger partial charge < -0.3 is 20.3 Å². The fourth-order valence-electron chi connectivity index (χ4n) is 1.40. The van der Waals surface area contributed by atoms with Crippen molar-refractivity contribution >= 4 is 11.8 Å². The molecule has 0 aromatic heterocycles. The third-order valence-electron chi connectivity index (χ3n) is 2.61. The second-order valence-corrected chi connectivity index (χ2v) is 5.75. The first kappa shape index (κ1) is 15.2. The summed E-state index contributed by atoms with van der Waals surface area (Å²) in [5.41, 5.74) is 0. The molecule has 1 unspecified atom stereocenters. The van der Waals surface area contributed by atoms with Gasteiger partial charge in [-0.15, -0.1) is 0 Å². The second-order valence-electron chi connectivity index (χ2n) is 4.53. The van der Waals surface area contributed by atoms with E-state index in [0.717, 1.165) is 37.0 Å². The molecule has 0 saturated heterocycles. The Hall–Kier alpha value is 0.190. The van der Waals surface area contributed by atoms with Gasteiger partial charge in [0.25, 0.3) is 0 Å². The Kier molecular flexibility index (Phi) is 9.10. The zero-order valence-corrected chi connectivity index (χ0v) is 11.3. The van der Waals surface area contributed by atoms with Gasteiger partial charge in [0.15, 0.2) is 0 Å². The summed E-state index contributed by atoms with van der Waals surface area (Å²) in [7, 11) is 0. The summed E-state index contributed by atoms with van der Waals surface area (Å²) in [5.74, 6) is 2.79. The van der Waals surface area contributed by atoms with E-state index in [1.165, 1.54) is 12.8 Å². The molecule has 1 rings (SSSR count). The van der Waals surface area contributed by atoms with Gasteiger partial charge in [-0.2, -0.15) is 11.8 Å². The predicted molar refractivity (Wildman–Crippen MR) is 71.4 cm³/mol. The molecule has 0 radical (unpaired) electrons. The maximum Gasteiger partial charge on any atom is 0.0897 e. The highest BCUT2D eigenvalue weighted by molar-refractivity contribution is 7.99. The molecular weight excluding hydrogens is 238 g/mol. The van der Waals surface area contributed by atoms with Crippen molar-refractivity contribution in [1.29, 1.82) is 0 Å². The first-order chi connectivity index (χ1) is 8.33. The summed E-state index contributed by atoms with van der Waals surface area (Å²) in [6, 6.07) is 0. The van der Waals surface area contributed by atoms with Crippen LogP contribution in [0.25, 0.3) is 0 Å². The number of aliphatic hydroxyl groups excluding tert-OH is 2. The summed E-state index contributed by atoms with van der Waals surface area (Å²) in [4.78, 5) is 0. The number of hydrogen-bond acceptors (Lipinski definition) is 5. The SMILES string of the molecule is OCCCSCCNCC(O)COCC1CC1. The number of thioether (sulfide) groups is 1. The zero-order chi connectivity index (χ0) is 12.3. The minimum atomic E-state index is -0.392. The van der Waals surface area contributed by atoms with Crippen molar-refractivity contribution in [3.8, 4) is 0 Å². The van der Waals surface area contributed by atoms with Crippen molar-refractivity contribution in [3.05, 3.63) is 0 Å². The first-order valence-electron chi connectivity index (χ1n) is 6.48. The van der Waals surface area contributed by atoms with E-state index in [1.54, 1.807) is 0 Å². The van der Waals surface area contributed by atoms with E-state index in [-0.39, 0.29) is 6.61 Å². The molecule has 0 aromatic rings. The highest BCUT2D eigenvalue weighted by Crippen LogP contribution is 2.28. The Morgan fingerprint density at radius 1 is 1.35 bits per heavy atom. The van der Waals surface area contributed by atoms with Crippen LogP contribution in [-0.4, -0.2) is 60.7 Å². The Labute approximate surface area is 108 Å². The molecule has 0 aliphatic heterocycles. The Bertz CT molecular complexity index is 179. The minimum absolute atomic E-state index is 0.275. The van der Waals surface area contributed by atoms with Crippen LogP contribution in [0, 0.1) is 5.92 Å². The monoisotopic (exact) mass is 263 g/mol. The van der Waals surface area contributed by atoms with Crippen LogP contribution < -0.4 is 5.32 Å². The fraction of sp³-hybridized carbons (Fsp3) is 1.00. The third-order valence-corrected chi connectivity index (χ3v) is 3.68. The van der Waals surface area contributed by atoms with Gasteiger partial charge in [-0.1, -0.05) is 0 Å². The van der Waals surface area contributed by atoms with Crippen molar-refractivity contribution in [3.63, 3.8) is 0 Å². The molecule has 102 valence electrons. The van der Waals surface area contributed by atoms with Gasteiger partial charge in [0.1, 0.15) is 0 Å². The van der Waals surface area contributed by atoms with Gasteiger partial charge in [-0.3, -0.25) is 0 Å². The van der Waals surface area contributed by atoms with E-state index in [0.29, 0.717) is 13.2 Å². The molecule has 17 heavy (non-hydrogen) atoms. The van der Waals surface area contributed by atoms with Crippen LogP contribution in [0.2, 0.25) is 0 Å². The fourth-order valence-corrected chi connectivity index (χ4v) is 2.22. The lowest BCUT2D eigenvalue weighted by Gasteiger charge is -2.12. The van der Waals surface area contributed by atoms with E-state index in [1.807, 2.05) is 11.8 Å². The molecule has 1 aliphatic carbocycles. The Morgan fingerprint density at radius 3 is 2.88 bits per heavy atom. The maximum absolute atomic E-state index is 9.60. The number of nitrogens with one attached hydrogen (secondary N) is 1. The summed E-state index contributed by atoms with van der Waals surface area (Å²) < 4.78 is 5.41. The standard InChI is InChI=1S/C12H25NO3S/c14-5-1-6-17-7-4-13-8-12(15)10-16-9-11-2-3-11/h11-15H,1-10H2. The van der Waals surface area contributed by atoms with Crippen molar-refractivity contribution in [2.24, 2.45) is 5.92 Å². The molecule has 1 aliphatic rings. The largest absolute Gasteiger partial charge is 0.396 e. The van der Waals surface area contributed by atoms with Crippen LogP contribution in [0.1, 0.15) is 19.3 Å². The number of hydrogen-bond donors (Lipinski definition) is 3. The smallest absolute Gasteiger partial charge is 0.0897 e. The highest BCUT2D eigenvalue weighted by atomic mass is 32.2. The zero-order valence-electron chi connectivity index (χ0n) is 10.4. The number of aliphatic hydroxyl groups is 2. The molecule has 0 amide bonds. The molecule has 1 fully saturated rings. The Morgan fingerprint density at radius 2 is 2.18 bits per heavy atom. The van der Waals surface area contributed by atoms with Crippen molar-refractivity contribution in [2.45, 2.75) is 25.4 Å². The molecule has 5 heteroatoms. The van der Waals surface area contributed by atoms with Crippen molar-refractivity contribution < 1.29 is 14.9 Å². The minimum Gasteiger partial charge on any atom is -0.396 e. The Balaban J connectivity index is 1.74. The highest BCUT2D eigenvalue weighted by Gasteiger charge is 2.21. The lowest BCUT2D eigenvalue weighted by atomic mass is 10.3. The van der Waals surface area contributed by atoms with Gasteiger partial charge in [0.05, 0.1) is 12.7 Å². The van der Waals surface area contributed by atoms with Crippen LogP contribution >= 0.6 is 11.8 Å². The summed E-state index contributed by atoms with van der Waals surface area (Å²) in [6.45, 7) is 3.04. The van der Waals surface area contributed by atoms with Crippen LogP contribution in [0.4, 0.5) is 0 Å². The lowest BCUT2D eigenvalue weighted by Crippen LogP contribution is -2.32. The molecule has 1 saturated carbocycles. The summed E-state index contributed by atoms with van der Waals surface area (Å²) >= 11 is 1.82. The van der Waals surface area contributed by atoms with Crippen LogP contribution in [-0.2, 0) is 4.74 Å². The van der Waals surface area contributed by atoms with E-state index in [4.69, 9.17) is 9.84 Å². The van der Waals surface area contributed by atoms with Crippen molar-refractivity contribution in [1.82, 2.24) is 5.32 Å². The maximum atomic E-state index is 9.60. The van der Waals surface area contributed by atoms with E-state index in [9.17, 15) is 5.11 Å². The molecule has 0 aromatic carbocycles. The van der Waals surface area contributed by atoms with Gasteiger partial charge in [-0.05, 0) is 30.9 Å². The average Bonchev–Trinajstić information content (AvgIpc) is 3.12. The molecular formula is C12H25NO3S.